The fourth-order valence-corrected chi connectivity index (χ4v) is 3.19. The van der Waals surface area contributed by atoms with Crippen molar-refractivity contribution in [1.82, 2.24) is 19.9 Å². The maximum Gasteiger partial charge on any atom is 0.248 e. The number of halogens is 2. The fourth-order valence-electron chi connectivity index (χ4n) is 3.19. The highest BCUT2D eigenvalue weighted by Gasteiger charge is 2.15. The van der Waals surface area contributed by atoms with Crippen LogP contribution in [0.3, 0.4) is 0 Å². The minimum atomic E-state index is -0.371. The van der Waals surface area contributed by atoms with Gasteiger partial charge in [-0.3, -0.25) is 4.79 Å². The van der Waals surface area contributed by atoms with Gasteiger partial charge < -0.3 is 10.2 Å². The molecule has 0 radical (unpaired) electrons. The molecule has 4 rings (SSSR count). The van der Waals surface area contributed by atoms with Gasteiger partial charge in [0.25, 0.3) is 0 Å². The van der Waals surface area contributed by atoms with Gasteiger partial charge in [0.2, 0.25) is 5.91 Å². The third-order valence-electron chi connectivity index (χ3n) is 4.76. The maximum atomic E-state index is 13.5. The second-order valence-corrected chi connectivity index (χ2v) is 7.66. The van der Waals surface area contributed by atoms with E-state index in [2.05, 4.69) is 15.3 Å². The lowest BCUT2D eigenvalue weighted by Gasteiger charge is -2.11. The van der Waals surface area contributed by atoms with Crippen LogP contribution in [0.1, 0.15) is 0 Å². The molecule has 0 aliphatic heterocycles. The maximum absolute atomic E-state index is 13.5. The monoisotopic (exact) mass is 445 g/mol. The van der Waals surface area contributed by atoms with Crippen LogP contribution in [0.4, 0.5) is 14.5 Å². The van der Waals surface area contributed by atoms with E-state index in [1.54, 1.807) is 36.4 Å². The molecule has 4 aromatic rings. The Morgan fingerprint density at radius 3 is 2.09 bits per heavy atom. The van der Waals surface area contributed by atoms with E-state index in [-0.39, 0.29) is 17.5 Å². The molecule has 1 N–H and O–H groups in total. The standard InChI is InChI=1S/C25H21F2N5O/c1-32(2)13-3-4-22(33)29-20-14-21-25(28-15-20)31-24(17-7-11-19(27)12-8-17)23(30-21)16-5-9-18(26)10-6-16/h3-12,14-15H,13H2,1-2H3,(H,29,33)/b4-3+. The summed E-state index contributed by atoms with van der Waals surface area (Å²) in [7, 11) is 3.82. The lowest BCUT2D eigenvalue weighted by Crippen LogP contribution is -2.13. The number of nitrogens with one attached hydrogen (secondary N) is 1. The first-order valence-electron chi connectivity index (χ1n) is 10.2. The highest BCUT2D eigenvalue weighted by atomic mass is 19.1. The fraction of sp³-hybridized carbons (Fsp3) is 0.120. The van der Waals surface area contributed by atoms with E-state index in [1.165, 1.54) is 36.5 Å². The lowest BCUT2D eigenvalue weighted by molar-refractivity contribution is -0.111. The number of rotatable bonds is 6. The van der Waals surface area contributed by atoms with Crippen LogP contribution in [0.25, 0.3) is 33.7 Å². The van der Waals surface area contributed by atoms with Crippen molar-refractivity contribution < 1.29 is 13.6 Å². The van der Waals surface area contributed by atoms with E-state index >= 15 is 0 Å². The van der Waals surface area contributed by atoms with E-state index in [0.717, 1.165) is 0 Å². The van der Waals surface area contributed by atoms with Crippen molar-refractivity contribution >= 4 is 22.8 Å². The lowest BCUT2D eigenvalue weighted by atomic mass is 10.0. The van der Waals surface area contributed by atoms with Gasteiger partial charge in [0, 0.05) is 23.7 Å². The van der Waals surface area contributed by atoms with Crippen molar-refractivity contribution in [3.05, 3.63) is 84.6 Å². The summed E-state index contributed by atoms with van der Waals surface area (Å²) in [6.45, 7) is 0.641. The first-order valence-corrected chi connectivity index (χ1v) is 10.2. The van der Waals surface area contributed by atoms with Gasteiger partial charge >= 0.3 is 0 Å². The Bertz CT molecular complexity index is 1320. The first kappa shape index (κ1) is 22.2. The van der Waals surface area contributed by atoms with Crippen LogP contribution in [-0.4, -0.2) is 46.4 Å². The van der Waals surface area contributed by atoms with Gasteiger partial charge in [-0.2, -0.15) is 0 Å². The zero-order chi connectivity index (χ0) is 23.4. The Labute approximate surface area is 189 Å². The number of nitrogens with zero attached hydrogens (tertiary/aromatic N) is 4. The Kier molecular flexibility index (Phi) is 6.46. The molecule has 0 aliphatic carbocycles. The number of carbonyl (C=O) groups is 1. The molecule has 0 fully saturated rings. The molecule has 0 spiro atoms. The summed E-state index contributed by atoms with van der Waals surface area (Å²) in [6.07, 6.45) is 4.71. The summed E-state index contributed by atoms with van der Waals surface area (Å²) in [6, 6.07) is 13.4. The number of fused-ring (bicyclic) bond motifs is 1. The molecular formula is C25H21F2N5O. The van der Waals surface area contributed by atoms with Gasteiger partial charge in [-0.1, -0.05) is 6.08 Å². The number of aromatic nitrogens is 3. The molecule has 0 aliphatic rings. The summed E-state index contributed by atoms with van der Waals surface area (Å²) in [5.41, 5.74) is 3.56. The van der Waals surface area contributed by atoms with Crippen molar-refractivity contribution in [2.24, 2.45) is 0 Å². The first-order chi connectivity index (χ1) is 15.9. The van der Waals surface area contributed by atoms with Crippen LogP contribution in [0.2, 0.25) is 0 Å². The van der Waals surface area contributed by atoms with Crippen molar-refractivity contribution in [3.63, 3.8) is 0 Å². The third kappa shape index (κ3) is 5.42. The molecule has 166 valence electrons. The van der Waals surface area contributed by atoms with Gasteiger partial charge in [0.15, 0.2) is 5.65 Å². The zero-order valence-electron chi connectivity index (χ0n) is 18.1. The quantitative estimate of drug-likeness (QED) is 0.436. The molecule has 0 saturated heterocycles. The highest BCUT2D eigenvalue weighted by Crippen LogP contribution is 2.31. The number of pyridine rings is 1. The van der Waals surface area contributed by atoms with Crippen LogP contribution in [-0.2, 0) is 4.79 Å². The van der Waals surface area contributed by atoms with E-state index in [1.807, 2.05) is 19.0 Å². The van der Waals surface area contributed by atoms with E-state index in [4.69, 9.17) is 4.98 Å². The molecule has 0 unspecified atom stereocenters. The van der Waals surface area contributed by atoms with Gasteiger partial charge in [0.1, 0.15) is 17.2 Å². The molecule has 0 bridgehead atoms. The zero-order valence-corrected chi connectivity index (χ0v) is 18.1. The number of carbonyl (C=O) groups excluding carboxylic acids is 1. The summed E-state index contributed by atoms with van der Waals surface area (Å²) in [5.74, 6) is -1.02. The number of benzene rings is 2. The third-order valence-corrected chi connectivity index (χ3v) is 4.76. The van der Waals surface area contributed by atoms with Crippen LogP contribution in [0, 0.1) is 11.6 Å². The van der Waals surface area contributed by atoms with Crippen LogP contribution >= 0.6 is 0 Å². The summed E-state index contributed by atoms with van der Waals surface area (Å²) in [4.78, 5) is 27.8. The average Bonchev–Trinajstić information content (AvgIpc) is 2.79. The molecule has 2 aromatic heterocycles. The van der Waals surface area contributed by atoms with E-state index < -0.39 is 0 Å². The molecule has 1 amide bonds. The van der Waals surface area contributed by atoms with Gasteiger partial charge in [-0.05, 0) is 68.7 Å². The number of amides is 1. The smallest absolute Gasteiger partial charge is 0.248 e. The Morgan fingerprint density at radius 1 is 0.939 bits per heavy atom. The molecule has 2 aromatic carbocycles. The average molecular weight is 445 g/mol. The molecule has 33 heavy (non-hydrogen) atoms. The minimum absolute atomic E-state index is 0.285. The number of likely N-dealkylation sites (N-methyl/N-ethyl adjacent to an activating group) is 1. The highest BCUT2D eigenvalue weighted by molar-refractivity contribution is 6.00. The summed E-state index contributed by atoms with van der Waals surface area (Å²) in [5, 5.41) is 2.76. The van der Waals surface area contributed by atoms with Gasteiger partial charge in [-0.25, -0.2) is 23.7 Å². The van der Waals surface area contributed by atoms with Crippen molar-refractivity contribution in [2.45, 2.75) is 0 Å². The molecular weight excluding hydrogens is 424 g/mol. The Hall–Kier alpha value is -4.04. The minimum Gasteiger partial charge on any atom is -0.321 e. The van der Waals surface area contributed by atoms with Crippen LogP contribution < -0.4 is 5.32 Å². The van der Waals surface area contributed by atoms with Crippen LogP contribution in [0.5, 0.6) is 0 Å². The summed E-state index contributed by atoms with van der Waals surface area (Å²) < 4.78 is 27.0. The van der Waals surface area contributed by atoms with Crippen molar-refractivity contribution in [2.75, 3.05) is 26.0 Å². The van der Waals surface area contributed by atoms with E-state index in [9.17, 15) is 13.6 Å². The van der Waals surface area contributed by atoms with Gasteiger partial charge in [0.05, 0.1) is 23.3 Å². The number of hydrogen-bond acceptors (Lipinski definition) is 5. The summed E-state index contributed by atoms with van der Waals surface area (Å²) >= 11 is 0. The predicted octanol–water partition coefficient (Wildman–Crippen LogP) is 4.69. The Morgan fingerprint density at radius 2 is 1.52 bits per heavy atom. The van der Waals surface area contributed by atoms with E-state index in [0.29, 0.717) is 45.9 Å². The Balaban J connectivity index is 1.75. The second kappa shape index (κ2) is 9.62. The second-order valence-electron chi connectivity index (χ2n) is 7.66. The van der Waals surface area contributed by atoms with Gasteiger partial charge in [-0.15, -0.1) is 0 Å². The van der Waals surface area contributed by atoms with Crippen molar-refractivity contribution in [3.8, 4) is 22.5 Å². The molecule has 8 heteroatoms. The largest absolute Gasteiger partial charge is 0.321 e. The molecule has 0 atom stereocenters. The molecule has 2 heterocycles. The normalized spacial score (nSPS) is 11.4. The van der Waals surface area contributed by atoms with Crippen molar-refractivity contribution in [1.29, 1.82) is 0 Å². The predicted molar refractivity (Wildman–Crippen MR) is 124 cm³/mol. The van der Waals surface area contributed by atoms with Crippen LogP contribution in [0.15, 0.2) is 72.9 Å². The topological polar surface area (TPSA) is 71.0 Å². The SMILES string of the molecule is CN(C)C/C=C/C(=O)Nc1cnc2nc(-c3ccc(F)cc3)c(-c3ccc(F)cc3)nc2c1. The number of hydrogen-bond donors (Lipinski definition) is 1. The molecule has 0 saturated carbocycles. The molecule has 6 nitrogen and oxygen atoms in total. The number of anilines is 1.